The lowest BCUT2D eigenvalue weighted by molar-refractivity contribution is 0.322. The number of epoxide rings is 1. The van der Waals surface area contributed by atoms with Crippen molar-refractivity contribution in [2.45, 2.75) is 45.3 Å². The van der Waals surface area contributed by atoms with Crippen LogP contribution in [0.4, 0.5) is 0 Å². The Balaban J connectivity index is 2.33. The van der Waals surface area contributed by atoms with Crippen LogP contribution in [0.25, 0.3) is 0 Å². The molecule has 0 aliphatic carbocycles. The molecule has 0 amide bonds. The molecule has 88 valence electrons. The van der Waals surface area contributed by atoms with Crippen LogP contribution in [0.1, 0.15) is 50.8 Å². The molecule has 1 aliphatic rings. The number of benzene rings is 1. The van der Waals surface area contributed by atoms with Crippen LogP contribution in [0.5, 0.6) is 5.75 Å². The Kier molecular flexibility index (Phi) is 2.70. The van der Waals surface area contributed by atoms with Crippen molar-refractivity contribution in [1.29, 1.82) is 0 Å². The lowest BCUT2D eigenvalue weighted by atomic mass is 9.97. The fourth-order valence-corrected chi connectivity index (χ4v) is 2.01. The molecule has 2 nitrogen and oxygen atoms in total. The van der Waals surface area contributed by atoms with Crippen LogP contribution < -0.4 is 4.74 Å². The maximum absolute atomic E-state index is 5.65. The topological polar surface area (TPSA) is 21.8 Å². The maximum atomic E-state index is 5.65. The molecule has 0 N–H and O–H groups in total. The van der Waals surface area contributed by atoms with Gasteiger partial charge in [0.05, 0.1) is 12.7 Å². The van der Waals surface area contributed by atoms with Gasteiger partial charge < -0.3 is 9.47 Å². The zero-order chi connectivity index (χ0) is 11.9. The summed E-state index contributed by atoms with van der Waals surface area (Å²) in [6.07, 6.45) is 0.184. The van der Waals surface area contributed by atoms with Gasteiger partial charge in [0.1, 0.15) is 11.9 Å². The van der Waals surface area contributed by atoms with Crippen LogP contribution in [0.3, 0.4) is 0 Å². The zero-order valence-electron chi connectivity index (χ0n) is 10.7. The van der Waals surface area contributed by atoms with Crippen molar-refractivity contribution in [1.82, 2.24) is 0 Å². The second kappa shape index (κ2) is 3.77. The molecule has 1 aromatic rings. The molecule has 1 aliphatic heterocycles. The van der Waals surface area contributed by atoms with E-state index in [2.05, 4.69) is 45.9 Å². The first-order chi connectivity index (χ1) is 7.45. The average molecular weight is 220 g/mol. The Morgan fingerprint density at radius 3 is 2.38 bits per heavy atom. The van der Waals surface area contributed by atoms with Crippen LogP contribution in [0, 0.1) is 0 Å². The summed E-state index contributed by atoms with van der Waals surface area (Å²) in [5.74, 6) is 1.47. The molecule has 2 rings (SSSR count). The maximum Gasteiger partial charge on any atom is 0.125 e. The predicted octanol–water partition coefficient (Wildman–Crippen LogP) is 3.67. The van der Waals surface area contributed by atoms with Gasteiger partial charge in [0.2, 0.25) is 0 Å². The summed E-state index contributed by atoms with van der Waals surface area (Å²) in [5, 5.41) is 0. The third kappa shape index (κ3) is 1.94. The van der Waals surface area contributed by atoms with E-state index in [9.17, 15) is 0 Å². The first-order valence-corrected chi connectivity index (χ1v) is 5.81. The zero-order valence-corrected chi connectivity index (χ0v) is 10.7. The van der Waals surface area contributed by atoms with Crippen LogP contribution in [0.2, 0.25) is 0 Å². The van der Waals surface area contributed by atoms with Crippen molar-refractivity contribution in [2.24, 2.45) is 0 Å². The average Bonchev–Trinajstić information content (AvgIpc) is 2.86. The minimum Gasteiger partial charge on any atom is -0.496 e. The lowest BCUT2D eigenvalue weighted by Crippen LogP contribution is -2.00. The van der Waals surface area contributed by atoms with Crippen molar-refractivity contribution in [3.05, 3.63) is 29.3 Å². The normalized spacial score (nSPS) is 22.2. The van der Waals surface area contributed by atoms with Crippen molar-refractivity contribution in [3.8, 4) is 5.75 Å². The summed E-state index contributed by atoms with van der Waals surface area (Å²) in [6, 6.07) is 6.42. The first kappa shape index (κ1) is 11.5. The summed E-state index contributed by atoms with van der Waals surface area (Å²) < 4.78 is 11.1. The van der Waals surface area contributed by atoms with Gasteiger partial charge in [-0.1, -0.05) is 26.0 Å². The van der Waals surface area contributed by atoms with E-state index in [0.29, 0.717) is 5.92 Å². The summed E-state index contributed by atoms with van der Waals surface area (Å²) >= 11 is 0. The fourth-order valence-electron chi connectivity index (χ4n) is 2.01. The Labute approximate surface area is 97.6 Å². The molecule has 16 heavy (non-hydrogen) atoms. The highest BCUT2D eigenvalue weighted by Gasteiger charge is 2.50. The number of hydrogen-bond acceptors (Lipinski definition) is 2. The second-order valence-corrected chi connectivity index (χ2v) is 5.26. The summed E-state index contributed by atoms with van der Waals surface area (Å²) in [6.45, 7) is 8.58. The van der Waals surface area contributed by atoms with Crippen molar-refractivity contribution in [3.63, 3.8) is 0 Å². The Morgan fingerprint density at radius 2 is 1.94 bits per heavy atom. The highest BCUT2D eigenvalue weighted by Crippen LogP contribution is 2.51. The van der Waals surface area contributed by atoms with Gasteiger partial charge in [0.25, 0.3) is 0 Å². The number of methoxy groups -OCH3 is 1. The Hall–Kier alpha value is -1.02. The van der Waals surface area contributed by atoms with Gasteiger partial charge in [0.15, 0.2) is 0 Å². The molecule has 1 aromatic carbocycles. The van der Waals surface area contributed by atoms with E-state index in [1.54, 1.807) is 7.11 Å². The molecule has 0 bridgehead atoms. The highest BCUT2D eigenvalue weighted by molar-refractivity contribution is 5.43. The highest BCUT2D eigenvalue weighted by atomic mass is 16.6. The van der Waals surface area contributed by atoms with E-state index in [1.807, 2.05) is 0 Å². The van der Waals surface area contributed by atoms with Crippen molar-refractivity contribution < 1.29 is 9.47 Å². The van der Waals surface area contributed by atoms with Gasteiger partial charge in [0, 0.05) is 5.56 Å². The molecular weight excluding hydrogens is 200 g/mol. The van der Waals surface area contributed by atoms with Crippen molar-refractivity contribution >= 4 is 0 Å². The van der Waals surface area contributed by atoms with Gasteiger partial charge in [-0.05, 0) is 31.4 Å². The van der Waals surface area contributed by atoms with Gasteiger partial charge in [-0.3, -0.25) is 0 Å². The van der Waals surface area contributed by atoms with E-state index < -0.39 is 0 Å². The minimum atomic E-state index is -0.0351. The molecule has 0 aromatic heterocycles. The van der Waals surface area contributed by atoms with Crippen LogP contribution >= 0.6 is 0 Å². The van der Waals surface area contributed by atoms with Gasteiger partial charge >= 0.3 is 0 Å². The summed E-state index contributed by atoms with van der Waals surface area (Å²) in [7, 11) is 1.72. The SMILES string of the molecule is COc1cc(C(C)C)ccc1C1OC1(C)C. The molecular formula is C14H20O2. The molecule has 1 atom stereocenters. The third-order valence-electron chi connectivity index (χ3n) is 3.20. The molecule has 1 fully saturated rings. The molecule has 1 saturated heterocycles. The quantitative estimate of drug-likeness (QED) is 0.725. The fraction of sp³-hybridized carbons (Fsp3) is 0.571. The third-order valence-corrected chi connectivity index (χ3v) is 3.20. The number of ether oxygens (including phenoxy) is 2. The molecule has 1 unspecified atom stereocenters. The smallest absolute Gasteiger partial charge is 0.125 e. The first-order valence-electron chi connectivity index (χ1n) is 5.81. The van der Waals surface area contributed by atoms with Gasteiger partial charge in [-0.2, -0.15) is 0 Å². The molecule has 0 spiro atoms. The largest absolute Gasteiger partial charge is 0.496 e. The number of rotatable bonds is 3. The molecule has 0 saturated carbocycles. The van der Waals surface area contributed by atoms with Gasteiger partial charge in [-0.25, -0.2) is 0 Å². The van der Waals surface area contributed by atoms with E-state index in [-0.39, 0.29) is 11.7 Å². The van der Waals surface area contributed by atoms with E-state index in [4.69, 9.17) is 9.47 Å². The standard InChI is InChI=1S/C14H20O2/c1-9(2)10-6-7-11(12(8-10)15-5)13-14(3,4)16-13/h6-9,13H,1-5H3. The summed E-state index contributed by atoms with van der Waals surface area (Å²) in [5.41, 5.74) is 2.43. The van der Waals surface area contributed by atoms with Gasteiger partial charge in [-0.15, -0.1) is 0 Å². The Morgan fingerprint density at radius 1 is 1.31 bits per heavy atom. The second-order valence-electron chi connectivity index (χ2n) is 5.26. The van der Waals surface area contributed by atoms with E-state index in [0.717, 1.165) is 11.3 Å². The van der Waals surface area contributed by atoms with Crippen LogP contribution in [-0.2, 0) is 4.74 Å². The monoisotopic (exact) mass is 220 g/mol. The molecule has 1 heterocycles. The Bertz CT molecular complexity index is 394. The lowest BCUT2D eigenvalue weighted by Gasteiger charge is -2.11. The molecule has 2 heteroatoms. The van der Waals surface area contributed by atoms with Crippen molar-refractivity contribution in [2.75, 3.05) is 7.11 Å². The molecule has 0 radical (unpaired) electrons. The minimum absolute atomic E-state index is 0.0351. The van der Waals surface area contributed by atoms with E-state index in [1.165, 1.54) is 5.56 Å². The van der Waals surface area contributed by atoms with E-state index >= 15 is 0 Å². The predicted molar refractivity (Wildman–Crippen MR) is 65.0 cm³/mol. The summed E-state index contributed by atoms with van der Waals surface area (Å²) in [4.78, 5) is 0. The van der Waals surface area contributed by atoms with Crippen LogP contribution in [-0.4, -0.2) is 12.7 Å². The van der Waals surface area contributed by atoms with Crippen LogP contribution in [0.15, 0.2) is 18.2 Å². The number of hydrogen-bond donors (Lipinski definition) is 0.